The Morgan fingerprint density at radius 1 is 0.892 bits per heavy atom. The van der Waals surface area contributed by atoms with Crippen LogP contribution in [0.2, 0.25) is 0 Å². The molecule has 2 heterocycles. The van der Waals surface area contributed by atoms with Gasteiger partial charge in [0, 0.05) is 43.1 Å². The third kappa shape index (κ3) is 9.61. The molecule has 37 heavy (non-hydrogen) atoms. The highest BCUT2D eigenvalue weighted by atomic mass is 16.5. The van der Waals surface area contributed by atoms with Crippen LogP contribution >= 0.6 is 0 Å². The summed E-state index contributed by atoms with van der Waals surface area (Å²) in [5, 5.41) is 20.1. The Bertz CT molecular complexity index is 1090. The fourth-order valence-corrected chi connectivity index (χ4v) is 3.06. The maximum Gasteiger partial charge on any atom is 0.247 e. The van der Waals surface area contributed by atoms with Crippen molar-refractivity contribution in [2.24, 2.45) is 11.6 Å². The predicted octanol–water partition coefficient (Wildman–Crippen LogP) is 1.39. The van der Waals surface area contributed by atoms with Crippen molar-refractivity contribution in [1.29, 1.82) is 0 Å². The van der Waals surface area contributed by atoms with Gasteiger partial charge in [0.05, 0.1) is 52.6 Å². The Balaban J connectivity index is 1.38. The molecule has 0 aliphatic carbocycles. The monoisotopic (exact) mass is 516 g/mol. The number of carbonyl (C=O) groups is 1. The standard InChI is InChI=1S/C23H32N8O6/c1-16-27-29-22(36-16)18-13-19(23-30-28-17(2)37-23)15-20(14-18)26-21(32)3-7-33-9-11-35-12-10-34-8-6-31(25)5-4-24/h4-5,13-15H,3,6-12,24-25H2,1-2H3,(H,26,32)/b5-4-. The molecule has 0 unspecified atom stereocenters. The number of nitrogens with one attached hydrogen (secondary N) is 1. The van der Waals surface area contributed by atoms with E-state index in [0.29, 0.717) is 80.0 Å². The van der Waals surface area contributed by atoms with E-state index in [0.717, 1.165) is 0 Å². The number of hydrazine groups is 1. The minimum absolute atomic E-state index is 0.162. The average molecular weight is 517 g/mol. The van der Waals surface area contributed by atoms with Gasteiger partial charge in [-0.05, 0) is 18.2 Å². The molecule has 0 fully saturated rings. The first-order valence-corrected chi connectivity index (χ1v) is 11.6. The summed E-state index contributed by atoms with van der Waals surface area (Å²) in [6, 6.07) is 5.23. The molecule has 1 amide bonds. The number of hydrogen-bond donors (Lipinski definition) is 3. The van der Waals surface area contributed by atoms with Crippen molar-refractivity contribution in [2.45, 2.75) is 20.3 Å². The molecule has 200 valence electrons. The maximum absolute atomic E-state index is 12.5. The van der Waals surface area contributed by atoms with Crippen molar-refractivity contribution in [1.82, 2.24) is 25.4 Å². The van der Waals surface area contributed by atoms with Crippen molar-refractivity contribution >= 4 is 11.6 Å². The minimum atomic E-state index is -0.223. The molecule has 0 bridgehead atoms. The number of rotatable bonds is 16. The van der Waals surface area contributed by atoms with Gasteiger partial charge in [0.1, 0.15) is 0 Å². The quantitative estimate of drug-likeness (QED) is 0.141. The number of amides is 1. The molecule has 14 nitrogen and oxygen atoms in total. The normalized spacial score (nSPS) is 11.3. The number of hydrogen-bond acceptors (Lipinski definition) is 13. The lowest BCUT2D eigenvalue weighted by molar-refractivity contribution is -0.117. The number of carbonyl (C=O) groups excluding carboxylic acids is 1. The fraction of sp³-hybridized carbons (Fsp3) is 0.435. The van der Waals surface area contributed by atoms with Gasteiger partial charge in [-0.15, -0.1) is 20.4 Å². The van der Waals surface area contributed by atoms with Crippen molar-refractivity contribution in [2.75, 3.05) is 51.5 Å². The highest BCUT2D eigenvalue weighted by Gasteiger charge is 2.15. The maximum atomic E-state index is 12.5. The van der Waals surface area contributed by atoms with Crippen LogP contribution in [-0.2, 0) is 19.0 Å². The van der Waals surface area contributed by atoms with E-state index in [1.165, 1.54) is 11.2 Å². The van der Waals surface area contributed by atoms with Crippen LogP contribution < -0.4 is 16.9 Å². The number of benzene rings is 1. The van der Waals surface area contributed by atoms with E-state index in [1.54, 1.807) is 38.2 Å². The summed E-state index contributed by atoms with van der Waals surface area (Å²) < 4.78 is 27.4. The molecule has 1 aromatic carbocycles. The molecule has 0 saturated heterocycles. The Morgan fingerprint density at radius 2 is 1.43 bits per heavy atom. The lowest BCUT2D eigenvalue weighted by atomic mass is 10.1. The second-order valence-corrected chi connectivity index (χ2v) is 7.77. The Hall–Kier alpha value is -3.85. The van der Waals surface area contributed by atoms with E-state index in [9.17, 15) is 4.79 Å². The Kier molecular flexibility index (Phi) is 11.0. The van der Waals surface area contributed by atoms with Gasteiger partial charge in [-0.1, -0.05) is 0 Å². The molecule has 0 atom stereocenters. The van der Waals surface area contributed by atoms with E-state index in [4.69, 9.17) is 34.6 Å². The lowest BCUT2D eigenvalue weighted by Gasteiger charge is -2.13. The molecule has 5 N–H and O–H groups in total. The summed E-state index contributed by atoms with van der Waals surface area (Å²) >= 11 is 0. The number of anilines is 1. The number of aryl methyl sites for hydroxylation is 2. The molecule has 0 saturated carbocycles. The first kappa shape index (κ1) is 27.7. The average Bonchev–Trinajstić information content (AvgIpc) is 3.50. The van der Waals surface area contributed by atoms with E-state index in [-0.39, 0.29) is 18.9 Å². The zero-order chi connectivity index (χ0) is 26.5. The van der Waals surface area contributed by atoms with Gasteiger partial charge in [0.25, 0.3) is 0 Å². The molecule has 0 radical (unpaired) electrons. The van der Waals surface area contributed by atoms with Gasteiger partial charge in [0.15, 0.2) is 0 Å². The van der Waals surface area contributed by atoms with Gasteiger partial charge >= 0.3 is 0 Å². The topological polar surface area (TPSA) is 190 Å². The third-order valence-corrected chi connectivity index (χ3v) is 4.75. The number of ether oxygens (including phenoxy) is 3. The van der Waals surface area contributed by atoms with Gasteiger partial charge in [0.2, 0.25) is 29.5 Å². The summed E-state index contributed by atoms with van der Waals surface area (Å²) in [6.07, 6.45) is 3.08. The third-order valence-electron chi connectivity index (χ3n) is 4.75. The molecule has 3 aromatic rings. The van der Waals surface area contributed by atoms with Crippen LogP contribution in [-0.4, -0.2) is 77.5 Å². The molecular weight excluding hydrogens is 484 g/mol. The van der Waals surface area contributed by atoms with Gasteiger partial charge in [-0.25, -0.2) is 5.84 Å². The molecule has 0 spiro atoms. The molecular formula is C23H32N8O6. The number of nitrogens with two attached hydrogens (primary N) is 2. The molecule has 14 heteroatoms. The van der Waals surface area contributed by atoms with Gasteiger partial charge in [-0.2, -0.15) is 0 Å². The van der Waals surface area contributed by atoms with E-state index < -0.39 is 0 Å². The van der Waals surface area contributed by atoms with Crippen LogP contribution in [0.5, 0.6) is 0 Å². The Morgan fingerprint density at radius 3 is 1.95 bits per heavy atom. The Labute approximate surface area is 213 Å². The number of nitrogens with zero attached hydrogens (tertiary/aromatic N) is 5. The molecule has 0 aliphatic heterocycles. The fourth-order valence-electron chi connectivity index (χ4n) is 3.06. The van der Waals surface area contributed by atoms with Crippen LogP contribution in [0.4, 0.5) is 5.69 Å². The summed E-state index contributed by atoms with van der Waals surface area (Å²) in [6.45, 7) is 6.24. The molecule has 0 aliphatic rings. The van der Waals surface area contributed by atoms with Crippen molar-refractivity contribution in [3.63, 3.8) is 0 Å². The predicted molar refractivity (Wildman–Crippen MR) is 132 cm³/mol. The first-order valence-electron chi connectivity index (χ1n) is 11.6. The summed E-state index contributed by atoms with van der Waals surface area (Å²) in [4.78, 5) is 12.5. The summed E-state index contributed by atoms with van der Waals surface area (Å²) in [5.41, 5.74) is 6.97. The summed E-state index contributed by atoms with van der Waals surface area (Å²) in [5.74, 6) is 6.86. The van der Waals surface area contributed by atoms with Crippen molar-refractivity contribution in [3.05, 3.63) is 42.4 Å². The van der Waals surface area contributed by atoms with Crippen LogP contribution in [0.1, 0.15) is 18.2 Å². The highest BCUT2D eigenvalue weighted by Crippen LogP contribution is 2.29. The second kappa shape index (κ2) is 14.6. The van der Waals surface area contributed by atoms with Gasteiger partial charge in [-0.3, -0.25) is 4.79 Å². The van der Waals surface area contributed by atoms with E-state index in [2.05, 4.69) is 25.7 Å². The lowest BCUT2D eigenvalue weighted by Crippen LogP contribution is -2.29. The SMILES string of the molecule is Cc1nnc(-c2cc(NC(=O)CCOCCOCCOCCN(N)/C=C\N)cc(-c3nnc(C)o3)c2)o1. The molecule has 2 aromatic heterocycles. The number of aromatic nitrogens is 4. The smallest absolute Gasteiger partial charge is 0.247 e. The molecule has 3 rings (SSSR count). The minimum Gasteiger partial charge on any atom is -0.421 e. The van der Waals surface area contributed by atoms with E-state index >= 15 is 0 Å². The van der Waals surface area contributed by atoms with Crippen LogP contribution in [0.15, 0.2) is 39.4 Å². The van der Waals surface area contributed by atoms with E-state index in [1.807, 2.05) is 0 Å². The summed E-state index contributed by atoms with van der Waals surface area (Å²) in [7, 11) is 0. The van der Waals surface area contributed by atoms with Gasteiger partial charge < -0.3 is 39.1 Å². The zero-order valence-corrected chi connectivity index (χ0v) is 20.9. The zero-order valence-electron chi connectivity index (χ0n) is 20.9. The van der Waals surface area contributed by atoms with Crippen LogP contribution in [0.3, 0.4) is 0 Å². The highest BCUT2D eigenvalue weighted by molar-refractivity contribution is 5.92. The first-order chi connectivity index (χ1) is 17.9. The second-order valence-electron chi connectivity index (χ2n) is 7.77. The van der Waals surface area contributed by atoms with Crippen LogP contribution in [0, 0.1) is 13.8 Å². The van der Waals surface area contributed by atoms with Crippen molar-refractivity contribution < 1.29 is 27.8 Å². The largest absolute Gasteiger partial charge is 0.421 e. The van der Waals surface area contributed by atoms with Crippen LogP contribution in [0.25, 0.3) is 22.9 Å². The van der Waals surface area contributed by atoms with Crippen molar-refractivity contribution in [3.8, 4) is 22.9 Å².